The highest BCUT2D eigenvalue weighted by Gasteiger charge is 2.49. The molecule has 7 nitrogen and oxygen atoms in total. The van der Waals surface area contributed by atoms with Crippen molar-refractivity contribution in [2.75, 3.05) is 6.54 Å². The summed E-state index contributed by atoms with van der Waals surface area (Å²) in [6.07, 6.45) is 3.52. The van der Waals surface area contributed by atoms with E-state index in [1.54, 1.807) is 24.3 Å². The van der Waals surface area contributed by atoms with Gasteiger partial charge in [-0.05, 0) is 48.8 Å². The van der Waals surface area contributed by atoms with Crippen molar-refractivity contribution in [2.24, 2.45) is 17.8 Å². The molecule has 3 aliphatic rings. The van der Waals surface area contributed by atoms with E-state index in [0.29, 0.717) is 18.5 Å². The Morgan fingerprint density at radius 1 is 1.15 bits per heavy atom. The molecule has 3 amide bonds. The standard InChI is InChI=1S/C20H22N2O5/c23-16-9-14(18(24)21-16)8-11-4-6-12(7-5-11)19(25)22-10-13-2-1-3-15(13)17(22)20(26)27/h4-7,13-15,17H,1-3,8-10H2,(H,26,27)(H,21,23,24). The molecule has 142 valence electrons. The number of hydrogen-bond donors (Lipinski definition) is 2. The van der Waals surface area contributed by atoms with Crippen molar-refractivity contribution in [2.45, 2.75) is 38.1 Å². The minimum absolute atomic E-state index is 0.0594. The van der Waals surface area contributed by atoms with Crippen LogP contribution in [0.2, 0.25) is 0 Å². The summed E-state index contributed by atoms with van der Waals surface area (Å²) in [5.41, 5.74) is 1.33. The average molecular weight is 370 g/mol. The number of carbonyl (C=O) groups is 4. The van der Waals surface area contributed by atoms with Gasteiger partial charge in [0.05, 0.1) is 5.92 Å². The second kappa shape index (κ2) is 6.79. The maximum absolute atomic E-state index is 12.9. The molecule has 1 aromatic rings. The molecule has 0 spiro atoms. The quantitative estimate of drug-likeness (QED) is 0.776. The number of imide groups is 1. The Morgan fingerprint density at radius 3 is 2.52 bits per heavy atom. The summed E-state index contributed by atoms with van der Waals surface area (Å²) in [4.78, 5) is 49.1. The lowest BCUT2D eigenvalue weighted by Gasteiger charge is -2.24. The normalized spacial score (nSPS) is 29.7. The van der Waals surface area contributed by atoms with Gasteiger partial charge in [0, 0.05) is 18.5 Å². The highest BCUT2D eigenvalue weighted by atomic mass is 16.4. The van der Waals surface area contributed by atoms with Crippen molar-refractivity contribution in [3.05, 3.63) is 35.4 Å². The van der Waals surface area contributed by atoms with E-state index in [0.717, 1.165) is 24.8 Å². The molecule has 2 saturated heterocycles. The Kier molecular flexibility index (Phi) is 4.45. The van der Waals surface area contributed by atoms with E-state index in [4.69, 9.17) is 0 Å². The molecule has 1 aliphatic carbocycles. The Morgan fingerprint density at radius 2 is 1.89 bits per heavy atom. The van der Waals surface area contributed by atoms with Gasteiger partial charge in [0.1, 0.15) is 6.04 Å². The van der Waals surface area contributed by atoms with E-state index in [-0.39, 0.29) is 41.9 Å². The summed E-state index contributed by atoms with van der Waals surface area (Å²) in [7, 11) is 0. The predicted octanol–water partition coefficient (Wildman–Crippen LogP) is 1.22. The largest absolute Gasteiger partial charge is 0.480 e. The topological polar surface area (TPSA) is 104 Å². The minimum atomic E-state index is -0.925. The Labute approximate surface area is 156 Å². The van der Waals surface area contributed by atoms with Gasteiger partial charge >= 0.3 is 5.97 Å². The van der Waals surface area contributed by atoms with Crippen LogP contribution in [0.1, 0.15) is 41.6 Å². The SMILES string of the molecule is O=C1CC(Cc2ccc(C(=O)N3CC4CCCC4C3C(=O)O)cc2)C(=O)N1. The Bertz CT molecular complexity index is 803. The number of likely N-dealkylation sites (tertiary alicyclic amines) is 1. The number of carboxylic acid groups (broad SMARTS) is 1. The third-order valence-corrected chi connectivity index (χ3v) is 6.15. The number of benzene rings is 1. The van der Waals surface area contributed by atoms with Crippen LogP contribution in [-0.4, -0.2) is 46.3 Å². The molecule has 3 fully saturated rings. The first-order valence-corrected chi connectivity index (χ1v) is 9.40. The zero-order valence-electron chi connectivity index (χ0n) is 14.9. The molecular formula is C20H22N2O5. The van der Waals surface area contributed by atoms with Crippen molar-refractivity contribution >= 4 is 23.7 Å². The number of fused-ring (bicyclic) bond motifs is 1. The molecule has 2 heterocycles. The molecule has 2 N–H and O–H groups in total. The van der Waals surface area contributed by atoms with Gasteiger partial charge in [0.2, 0.25) is 11.8 Å². The third kappa shape index (κ3) is 3.22. The van der Waals surface area contributed by atoms with Gasteiger partial charge in [0.25, 0.3) is 5.91 Å². The van der Waals surface area contributed by atoms with Gasteiger partial charge in [-0.25, -0.2) is 4.79 Å². The monoisotopic (exact) mass is 370 g/mol. The highest BCUT2D eigenvalue weighted by molar-refractivity contribution is 6.03. The summed E-state index contributed by atoms with van der Waals surface area (Å²) >= 11 is 0. The van der Waals surface area contributed by atoms with Crippen LogP contribution in [0, 0.1) is 17.8 Å². The summed E-state index contributed by atoms with van der Waals surface area (Å²) in [5.74, 6) is -1.71. The van der Waals surface area contributed by atoms with Crippen LogP contribution < -0.4 is 5.32 Å². The minimum Gasteiger partial charge on any atom is -0.480 e. The second-order valence-electron chi connectivity index (χ2n) is 7.81. The van der Waals surface area contributed by atoms with Crippen molar-refractivity contribution in [3.8, 4) is 0 Å². The molecule has 0 aromatic heterocycles. The van der Waals surface area contributed by atoms with E-state index in [1.165, 1.54) is 4.90 Å². The van der Waals surface area contributed by atoms with Gasteiger partial charge in [-0.15, -0.1) is 0 Å². The summed E-state index contributed by atoms with van der Waals surface area (Å²) in [5, 5.41) is 11.9. The van der Waals surface area contributed by atoms with E-state index in [1.807, 2.05) is 0 Å². The number of hydrogen-bond acceptors (Lipinski definition) is 4. The average Bonchev–Trinajstić information content (AvgIpc) is 3.29. The molecule has 27 heavy (non-hydrogen) atoms. The van der Waals surface area contributed by atoms with E-state index < -0.39 is 12.0 Å². The number of amides is 3. The lowest BCUT2D eigenvalue weighted by Crippen LogP contribution is -2.43. The van der Waals surface area contributed by atoms with E-state index in [2.05, 4.69) is 5.32 Å². The molecule has 4 rings (SSSR count). The van der Waals surface area contributed by atoms with Gasteiger partial charge in [0.15, 0.2) is 0 Å². The van der Waals surface area contributed by atoms with Crippen molar-refractivity contribution in [1.29, 1.82) is 0 Å². The lowest BCUT2D eigenvalue weighted by molar-refractivity contribution is -0.142. The van der Waals surface area contributed by atoms with Crippen LogP contribution in [0.5, 0.6) is 0 Å². The number of aliphatic carboxylic acids is 1. The predicted molar refractivity (Wildman–Crippen MR) is 94.7 cm³/mol. The van der Waals surface area contributed by atoms with Gasteiger partial charge in [-0.1, -0.05) is 18.6 Å². The van der Waals surface area contributed by atoms with Crippen molar-refractivity contribution < 1.29 is 24.3 Å². The fraction of sp³-hybridized carbons (Fsp3) is 0.500. The van der Waals surface area contributed by atoms with Crippen molar-refractivity contribution in [1.82, 2.24) is 10.2 Å². The van der Waals surface area contributed by atoms with Crippen LogP contribution in [0.4, 0.5) is 0 Å². The fourth-order valence-corrected chi connectivity index (χ4v) is 4.84. The molecule has 0 bridgehead atoms. The molecule has 1 saturated carbocycles. The number of carboxylic acids is 1. The molecule has 4 unspecified atom stereocenters. The fourth-order valence-electron chi connectivity index (χ4n) is 4.84. The first kappa shape index (κ1) is 17.7. The molecule has 1 aromatic carbocycles. The molecule has 0 radical (unpaired) electrons. The van der Waals surface area contributed by atoms with E-state index >= 15 is 0 Å². The second-order valence-corrected chi connectivity index (χ2v) is 7.81. The van der Waals surface area contributed by atoms with Crippen LogP contribution >= 0.6 is 0 Å². The van der Waals surface area contributed by atoms with Crippen LogP contribution in [0.3, 0.4) is 0 Å². The third-order valence-electron chi connectivity index (χ3n) is 6.15. The van der Waals surface area contributed by atoms with Gasteiger partial charge in [-0.2, -0.15) is 0 Å². The zero-order valence-corrected chi connectivity index (χ0v) is 14.9. The summed E-state index contributed by atoms with van der Waals surface area (Å²) < 4.78 is 0. The van der Waals surface area contributed by atoms with Gasteiger partial charge < -0.3 is 10.0 Å². The zero-order chi connectivity index (χ0) is 19.1. The number of nitrogens with one attached hydrogen (secondary N) is 1. The Balaban J connectivity index is 1.47. The number of nitrogens with zero attached hydrogens (tertiary/aromatic N) is 1. The van der Waals surface area contributed by atoms with Crippen molar-refractivity contribution in [3.63, 3.8) is 0 Å². The first-order valence-electron chi connectivity index (χ1n) is 9.40. The van der Waals surface area contributed by atoms with Crippen LogP contribution in [0.25, 0.3) is 0 Å². The maximum Gasteiger partial charge on any atom is 0.326 e. The lowest BCUT2D eigenvalue weighted by atomic mass is 9.94. The Hall–Kier alpha value is -2.70. The van der Waals surface area contributed by atoms with Gasteiger partial charge in [-0.3, -0.25) is 19.7 Å². The molecule has 4 atom stereocenters. The molecule has 7 heteroatoms. The summed E-state index contributed by atoms with van der Waals surface area (Å²) in [6, 6.07) is 6.17. The number of carbonyl (C=O) groups excluding carboxylic acids is 3. The molecular weight excluding hydrogens is 348 g/mol. The highest BCUT2D eigenvalue weighted by Crippen LogP contribution is 2.42. The smallest absolute Gasteiger partial charge is 0.326 e. The van der Waals surface area contributed by atoms with E-state index in [9.17, 15) is 24.3 Å². The van der Waals surface area contributed by atoms with Crippen LogP contribution in [-0.2, 0) is 20.8 Å². The molecule has 2 aliphatic heterocycles. The van der Waals surface area contributed by atoms with Crippen LogP contribution in [0.15, 0.2) is 24.3 Å². The maximum atomic E-state index is 12.9. The number of rotatable bonds is 4. The first-order chi connectivity index (χ1) is 12.9. The summed E-state index contributed by atoms with van der Waals surface area (Å²) in [6.45, 7) is 0.507.